The lowest BCUT2D eigenvalue weighted by molar-refractivity contribution is -0.133. The van der Waals surface area contributed by atoms with Crippen LogP contribution in [0.25, 0.3) is 0 Å². The van der Waals surface area contributed by atoms with Crippen LogP contribution in [0.5, 0.6) is 0 Å². The van der Waals surface area contributed by atoms with E-state index < -0.39 is 24.2 Å². The maximum Gasteiger partial charge on any atom is 0.237 e. The van der Waals surface area contributed by atoms with Crippen molar-refractivity contribution in [1.82, 2.24) is 10.6 Å². The highest BCUT2D eigenvalue weighted by Gasteiger charge is 2.31. The first-order valence-corrected chi connectivity index (χ1v) is 14.6. The van der Waals surface area contributed by atoms with Gasteiger partial charge in [0.05, 0.1) is 18.2 Å². The summed E-state index contributed by atoms with van der Waals surface area (Å²) in [5, 5.41) is 15.5. The monoisotopic (exact) mass is 519 g/mol. The number of Topliss-reactive ketones (excluding diaryl/α,β-unsaturated/α-hetero) is 2. The summed E-state index contributed by atoms with van der Waals surface area (Å²) < 4.78 is 0. The van der Waals surface area contributed by atoms with E-state index in [1.54, 1.807) is 27.7 Å². The van der Waals surface area contributed by atoms with Crippen molar-refractivity contribution < 1.29 is 24.3 Å². The van der Waals surface area contributed by atoms with Crippen LogP contribution in [-0.4, -0.2) is 64.2 Å². The van der Waals surface area contributed by atoms with Gasteiger partial charge in [-0.3, -0.25) is 19.2 Å². The van der Waals surface area contributed by atoms with Crippen LogP contribution in [0.4, 0.5) is 0 Å². The van der Waals surface area contributed by atoms with Crippen molar-refractivity contribution >= 4 is 45.0 Å². The lowest BCUT2D eigenvalue weighted by atomic mass is 9.95. The van der Waals surface area contributed by atoms with Crippen molar-refractivity contribution in [2.24, 2.45) is 29.4 Å². The lowest BCUT2D eigenvalue weighted by Crippen LogP contribution is -2.51. The van der Waals surface area contributed by atoms with E-state index in [1.165, 1.54) is 28.5 Å². The van der Waals surface area contributed by atoms with Crippen molar-refractivity contribution in [3.63, 3.8) is 0 Å². The molecule has 0 aromatic rings. The van der Waals surface area contributed by atoms with E-state index in [-0.39, 0.29) is 47.1 Å². The van der Waals surface area contributed by atoms with Crippen molar-refractivity contribution in [2.75, 3.05) is 11.5 Å². The second-order valence-electron chi connectivity index (χ2n) is 9.81. The molecular formula is C24H45N3O5S2. The highest BCUT2D eigenvalue weighted by molar-refractivity contribution is 8.76. The molecule has 0 aliphatic carbocycles. The molecule has 5 N–H and O–H groups in total. The van der Waals surface area contributed by atoms with Gasteiger partial charge in [0.1, 0.15) is 6.04 Å². The van der Waals surface area contributed by atoms with E-state index >= 15 is 0 Å². The summed E-state index contributed by atoms with van der Waals surface area (Å²) in [5.74, 6) is -0.675. The van der Waals surface area contributed by atoms with Crippen molar-refractivity contribution in [3.8, 4) is 0 Å². The molecule has 0 aliphatic heterocycles. The minimum absolute atomic E-state index is 0.0619. The maximum atomic E-state index is 13.0. The van der Waals surface area contributed by atoms with Crippen LogP contribution < -0.4 is 16.4 Å². The van der Waals surface area contributed by atoms with Crippen molar-refractivity contribution in [3.05, 3.63) is 0 Å². The summed E-state index contributed by atoms with van der Waals surface area (Å²) in [5.41, 5.74) is 5.79. The molecule has 34 heavy (non-hydrogen) atoms. The molecule has 0 aromatic carbocycles. The maximum absolute atomic E-state index is 13.0. The Labute approximate surface area is 213 Å². The van der Waals surface area contributed by atoms with Crippen LogP contribution in [0.2, 0.25) is 0 Å². The molecule has 0 unspecified atom stereocenters. The molecular weight excluding hydrogens is 474 g/mol. The second-order valence-corrected chi connectivity index (χ2v) is 12.4. The predicted octanol–water partition coefficient (Wildman–Crippen LogP) is 2.57. The van der Waals surface area contributed by atoms with Gasteiger partial charge in [0, 0.05) is 29.3 Å². The molecule has 2 amide bonds. The lowest BCUT2D eigenvalue weighted by Gasteiger charge is -2.26. The van der Waals surface area contributed by atoms with Gasteiger partial charge in [-0.1, -0.05) is 70.1 Å². The second kappa shape index (κ2) is 16.5. The van der Waals surface area contributed by atoms with Crippen LogP contribution in [0, 0.1) is 23.7 Å². The van der Waals surface area contributed by atoms with Gasteiger partial charge >= 0.3 is 0 Å². The Morgan fingerprint density at radius 3 is 1.79 bits per heavy atom. The number of nitrogens with two attached hydrogens (primary N) is 1. The van der Waals surface area contributed by atoms with Crippen LogP contribution in [0.1, 0.15) is 68.2 Å². The molecule has 0 radical (unpaired) electrons. The molecule has 0 saturated carbocycles. The van der Waals surface area contributed by atoms with E-state index in [4.69, 9.17) is 5.73 Å². The number of carbonyl (C=O) groups excluding carboxylic acids is 4. The molecule has 10 heteroatoms. The SMILES string of the molecule is CC[C@H](N)C(=O)N[C@@H](CSSC[C@H](CC(C)C)C(=O)N[C@H](C(=O)C(C)C)[C@@H](C)O)C(=O)C(C)C. The van der Waals surface area contributed by atoms with Crippen LogP contribution in [0.3, 0.4) is 0 Å². The normalized spacial score (nSPS) is 16.1. The summed E-state index contributed by atoms with van der Waals surface area (Å²) >= 11 is 0. The molecule has 0 fully saturated rings. The Morgan fingerprint density at radius 1 is 0.824 bits per heavy atom. The van der Waals surface area contributed by atoms with Crippen LogP contribution in [-0.2, 0) is 19.2 Å². The van der Waals surface area contributed by atoms with Crippen LogP contribution in [0.15, 0.2) is 0 Å². The summed E-state index contributed by atoms with van der Waals surface area (Å²) in [6.07, 6.45) is 0.120. The van der Waals surface area contributed by atoms with Crippen LogP contribution >= 0.6 is 21.6 Å². The zero-order chi connectivity index (χ0) is 26.6. The molecule has 0 spiro atoms. The zero-order valence-electron chi connectivity index (χ0n) is 21.9. The van der Waals surface area contributed by atoms with Gasteiger partial charge in [-0.15, -0.1) is 0 Å². The Hall–Kier alpha value is -1.10. The van der Waals surface area contributed by atoms with Gasteiger partial charge < -0.3 is 21.5 Å². The van der Waals surface area contributed by atoms with Gasteiger partial charge in [-0.2, -0.15) is 0 Å². The Bertz CT molecular complexity index is 671. The smallest absolute Gasteiger partial charge is 0.237 e. The van der Waals surface area contributed by atoms with E-state index in [2.05, 4.69) is 10.6 Å². The first-order chi connectivity index (χ1) is 15.7. The number of nitrogens with one attached hydrogen (secondary N) is 2. The fraction of sp³-hybridized carbons (Fsp3) is 0.833. The molecule has 0 aromatic heterocycles. The third-order valence-corrected chi connectivity index (χ3v) is 7.87. The van der Waals surface area contributed by atoms with Gasteiger partial charge in [0.2, 0.25) is 11.8 Å². The highest BCUT2D eigenvalue weighted by atomic mass is 33.1. The van der Waals surface area contributed by atoms with Gasteiger partial charge in [-0.05, 0) is 25.7 Å². The first kappa shape index (κ1) is 32.9. The molecule has 0 aliphatic rings. The largest absolute Gasteiger partial charge is 0.391 e. The number of ketones is 2. The predicted molar refractivity (Wildman–Crippen MR) is 141 cm³/mol. The molecule has 0 bridgehead atoms. The fourth-order valence-corrected chi connectivity index (χ4v) is 5.69. The van der Waals surface area contributed by atoms with E-state index in [1.807, 2.05) is 20.8 Å². The zero-order valence-corrected chi connectivity index (χ0v) is 23.6. The molecule has 0 saturated heterocycles. The van der Waals surface area contributed by atoms with Crippen molar-refractivity contribution in [1.29, 1.82) is 0 Å². The summed E-state index contributed by atoms with van der Waals surface area (Å²) in [7, 11) is 2.88. The Morgan fingerprint density at radius 2 is 1.35 bits per heavy atom. The quantitative estimate of drug-likeness (QED) is 0.170. The molecule has 5 atom stereocenters. The number of carbonyl (C=O) groups is 4. The Balaban J connectivity index is 5.14. The van der Waals surface area contributed by atoms with E-state index in [9.17, 15) is 24.3 Å². The average Bonchev–Trinajstić information content (AvgIpc) is 2.75. The number of aliphatic hydroxyl groups is 1. The molecule has 0 heterocycles. The summed E-state index contributed by atoms with van der Waals surface area (Å²) in [6.45, 7) is 14.4. The number of rotatable bonds is 17. The molecule has 198 valence electrons. The topological polar surface area (TPSA) is 139 Å². The average molecular weight is 520 g/mol. The molecule has 0 rings (SSSR count). The van der Waals surface area contributed by atoms with Gasteiger partial charge in [0.25, 0.3) is 0 Å². The summed E-state index contributed by atoms with van der Waals surface area (Å²) in [4.78, 5) is 50.2. The van der Waals surface area contributed by atoms with E-state index in [0.29, 0.717) is 24.3 Å². The number of aliphatic hydroxyl groups excluding tert-OH is 1. The minimum atomic E-state index is -0.985. The Kier molecular flexibility index (Phi) is 16.0. The minimum Gasteiger partial charge on any atom is -0.391 e. The van der Waals surface area contributed by atoms with Crippen molar-refractivity contribution in [2.45, 2.75) is 92.5 Å². The third-order valence-electron chi connectivity index (χ3n) is 5.38. The number of hydrogen-bond acceptors (Lipinski definition) is 8. The standard InChI is InChI=1S/C24H45N3O5S2/c1-9-18(25)24(32)26-19(21(29)14(4)5)12-34-33-11-17(10-13(2)3)23(31)27-20(16(8)28)22(30)15(6)7/h13-20,28H,9-12,25H2,1-8H3,(H,26,32)(H,27,31)/t16-,17+,18+,19+,20+/m1/s1. The van der Waals surface area contributed by atoms with Gasteiger partial charge in [0.15, 0.2) is 11.6 Å². The van der Waals surface area contributed by atoms with E-state index in [0.717, 1.165) is 0 Å². The number of amides is 2. The number of hydrogen-bond donors (Lipinski definition) is 4. The molecule has 8 nitrogen and oxygen atoms in total. The van der Waals surface area contributed by atoms with Gasteiger partial charge in [-0.25, -0.2) is 0 Å². The first-order valence-electron chi connectivity index (χ1n) is 12.1. The highest BCUT2D eigenvalue weighted by Crippen LogP contribution is 2.28. The fourth-order valence-electron chi connectivity index (χ4n) is 3.19. The summed E-state index contributed by atoms with van der Waals surface area (Å²) in [6, 6.07) is -2.25. The third kappa shape index (κ3) is 12.0.